The van der Waals surface area contributed by atoms with Crippen LogP contribution >= 0.6 is 11.6 Å². The Bertz CT molecular complexity index is 1310. The van der Waals surface area contributed by atoms with E-state index in [-0.39, 0.29) is 35.5 Å². The molecule has 1 unspecified atom stereocenters. The van der Waals surface area contributed by atoms with Crippen molar-refractivity contribution in [2.24, 2.45) is 0 Å². The fraction of sp³-hybridized carbons (Fsp3) is 0.200. The van der Waals surface area contributed by atoms with Gasteiger partial charge in [0.25, 0.3) is 11.5 Å². The lowest BCUT2D eigenvalue weighted by Gasteiger charge is -2.21. The summed E-state index contributed by atoms with van der Waals surface area (Å²) in [6, 6.07) is 7.01. The quantitative estimate of drug-likeness (QED) is 0.511. The lowest BCUT2D eigenvalue weighted by Crippen LogP contribution is -2.45. The van der Waals surface area contributed by atoms with Crippen LogP contribution in [0, 0.1) is 5.82 Å². The van der Waals surface area contributed by atoms with Crippen molar-refractivity contribution >= 4 is 46.0 Å². The molecule has 0 radical (unpaired) electrons. The van der Waals surface area contributed by atoms with E-state index >= 15 is 0 Å². The summed E-state index contributed by atoms with van der Waals surface area (Å²) in [7, 11) is 0. The lowest BCUT2D eigenvalue weighted by molar-refractivity contribution is -0.136. The Labute approximate surface area is 184 Å². The number of carbonyl (C=O) groups is 3. The Hall–Kier alpha value is -3.86. The summed E-state index contributed by atoms with van der Waals surface area (Å²) in [6.45, 7) is 0.0389. The highest BCUT2D eigenvalue weighted by Crippen LogP contribution is 2.19. The lowest BCUT2D eigenvalue weighted by atomic mass is 10.1. The molecule has 0 saturated carbocycles. The Kier molecular flexibility index (Phi) is 5.82. The molecule has 1 aliphatic heterocycles. The Morgan fingerprint density at radius 3 is 2.78 bits per heavy atom. The molecule has 10 nitrogen and oxygen atoms in total. The van der Waals surface area contributed by atoms with E-state index in [1.807, 2.05) is 0 Å². The van der Waals surface area contributed by atoms with Crippen LogP contribution in [-0.4, -0.2) is 32.8 Å². The molecule has 3 N–H and O–H groups in total. The zero-order chi connectivity index (χ0) is 22.8. The Morgan fingerprint density at radius 2 is 2.03 bits per heavy atom. The van der Waals surface area contributed by atoms with Crippen molar-refractivity contribution in [2.45, 2.75) is 25.4 Å². The van der Waals surface area contributed by atoms with Crippen LogP contribution in [0.5, 0.6) is 0 Å². The Morgan fingerprint density at radius 1 is 1.22 bits per heavy atom. The number of benzene rings is 2. The molecule has 2 aromatic carbocycles. The minimum atomic E-state index is -0.932. The van der Waals surface area contributed by atoms with E-state index in [0.717, 1.165) is 10.7 Å². The highest BCUT2D eigenvalue weighted by Gasteiger charge is 2.30. The molecular weight excluding hydrogens is 443 g/mol. The van der Waals surface area contributed by atoms with Gasteiger partial charge in [0.05, 0.1) is 11.1 Å². The number of halogens is 2. The van der Waals surface area contributed by atoms with E-state index in [4.69, 9.17) is 11.6 Å². The smallest absolute Gasteiger partial charge is 0.319 e. The van der Waals surface area contributed by atoms with E-state index in [0.29, 0.717) is 11.1 Å². The monoisotopic (exact) mass is 458 g/mol. The highest BCUT2D eigenvalue weighted by atomic mass is 35.5. The molecular formula is C20H16ClFN6O4. The second kappa shape index (κ2) is 8.71. The number of piperidine rings is 1. The highest BCUT2D eigenvalue weighted by molar-refractivity contribution is 6.30. The first kappa shape index (κ1) is 21.4. The molecule has 1 atom stereocenters. The van der Waals surface area contributed by atoms with Crippen molar-refractivity contribution in [1.29, 1.82) is 0 Å². The van der Waals surface area contributed by atoms with Crippen molar-refractivity contribution in [2.75, 3.05) is 5.32 Å². The van der Waals surface area contributed by atoms with Gasteiger partial charge < -0.3 is 10.6 Å². The van der Waals surface area contributed by atoms with Gasteiger partial charge in [0.1, 0.15) is 17.4 Å². The van der Waals surface area contributed by atoms with Crippen LogP contribution in [0.4, 0.5) is 14.9 Å². The van der Waals surface area contributed by atoms with Crippen molar-refractivity contribution < 1.29 is 18.8 Å². The molecule has 164 valence electrons. The first-order chi connectivity index (χ1) is 15.3. The van der Waals surface area contributed by atoms with Crippen LogP contribution in [0.1, 0.15) is 24.4 Å². The van der Waals surface area contributed by atoms with Gasteiger partial charge in [0, 0.05) is 18.0 Å². The number of nitrogens with zero attached hydrogens (tertiary/aromatic N) is 3. The SMILES string of the molecule is O=C1CCC(n2nnc3ccc(CNC(=O)Nc4ccc(Cl)cc4F)cc3c2=O)C(=O)N1. The molecule has 2 heterocycles. The van der Waals surface area contributed by atoms with E-state index in [1.54, 1.807) is 12.1 Å². The number of carbonyl (C=O) groups excluding carboxylic acids is 3. The third-order valence-corrected chi connectivity index (χ3v) is 5.12. The van der Waals surface area contributed by atoms with Gasteiger partial charge in [-0.1, -0.05) is 22.9 Å². The largest absolute Gasteiger partial charge is 0.334 e. The maximum absolute atomic E-state index is 13.8. The summed E-state index contributed by atoms with van der Waals surface area (Å²) >= 11 is 5.69. The fourth-order valence-electron chi connectivity index (χ4n) is 3.27. The molecule has 0 spiro atoms. The maximum Gasteiger partial charge on any atom is 0.319 e. The molecule has 4 rings (SSSR count). The third-order valence-electron chi connectivity index (χ3n) is 4.89. The summed E-state index contributed by atoms with van der Waals surface area (Å²) in [6.07, 6.45) is 0.239. The summed E-state index contributed by atoms with van der Waals surface area (Å²) in [5, 5.41) is 15.3. The second-order valence-corrected chi connectivity index (χ2v) is 7.53. The van der Waals surface area contributed by atoms with Crippen LogP contribution in [0.3, 0.4) is 0 Å². The number of urea groups is 1. The predicted octanol–water partition coefficient (Wildman–Crippen LogP) is 1.88. The zero-order valence-corrected chi connectivity index (χ0v) is 17.1. The van der Waals surface area contributed by atoms with Crippen molar-refractivity contribution in [1.82, 2.24) is 25.6 Å². The topological polar surface area (TPSA) is 135 Å². The number of hydrogen-bond acceptors (Lipinski definition) is 6. The van der Waals surface area contributed by atoms with Gasteiger partial charge in [-0.3, -0.25) is 19.7 Å². The number of rotatable bonds is 4. The molecule has 1 saturated heterocycles. The van der Waals surface area contributed by atoms with Crippen LogP contribution in [-0.2, 0) is 16.1 Å². The van der Waals surface area contributed by atoms with Crippen molar-refractivity contribution in [3.8, 4) is 0 Å². The van der Waals surface area contributed by atoms with E-state index in [1.165, 1.54) is 18.2 Å². The van der Waals surface area contributed by atoms with Crippen LogP contribution < -0.4 is 21.5 Å². The van der Waals surface area contributed by atoms with Crippen molar-refractivity contribution in [3.05, 3.63) is 63.2 Å². The summed E-state index contributed by atoms with van der Waals surface area (Å²) in [5.74, 6) is -1.69. The van der Waals surface area contributed by atoms with E-state index in [2.05, 4.69) is 26.3 Å². The number of aromatic nitrogens is 3. The molecule has 12 heteroatoms. The molecule has 4 amide bonds. The number of anilines is 1. The minimum Gasteiger partial charge on any atom is -0.334 e. The van der Waals surface area contributed by atoms with E-state index in [9.17, 15) is 23.6 Å². The van der Waals surface area contributed by atoms with Gasteiger partial charge in [-0.15, -0.1) is 5.10 Å². The van der Waals surface area contributed by atoms with Gasteiger partial charge >= 0.3 is 6.03 Å². The van der Waals surface area contributed by atoms with Gasteiger partial charge in [-0.05, 0) is 42.3 Å². The molecule has 0 aliphatic carbocycles. The summed E-state index contributed by atoms with van der Waals surface area (Å²) < 4.78 is 14.8. The predicted molar refractivity (Wildman–Crippen MR) is 112 cm³/mol. The van der Waals surface area contributed by atoms with E-state index < -0.39 is 35.3 Å². The van der Waals surface area contributed by atoms with Gasteiger partial charge in [0.15, 0.2) is 0 Å². The Balaban J connectivity index is 1.51. The zero-order valence-electron chi connectivity index (χ0n) is 16.4. The summed E-state index contributed by atoms with van der Waals surface area (Å²) in [5.41, 5.74) is 0.311. The van der Waals surface area contributed by atoms with Crippen LogP contribution in [0.2, 0.25) is 5.02 Å². The standard InChI is InChI=1S/C20H16ClFN6O4/c21-11-2-4-15(13(22)8-11)24-20(32)23-9-10-1-3-14-12(7-10)19(31)28(27-26-14)16-5-6-17(29)25-18(16)30/h1-4,7-8,16H,5-6,9H2,(H2,23,24,32)(H,25,29,30). The molecule has 1 fully saturated rings. The number of amides is 4. The van der Waals surface area contributed by atoms with Crippen LogP contribution in [0.15, 0.2) is 41.2 Å². The summed E-state index contributed by atoms with van der Waals surface area (Å²) in [4.78, 5) is 48.4. The number of fused-ring (bicyclic) bond motifs is 1. The number of imide groups is 1. The van der Waals surface area contributed by atoms with Gasteiger partial charge in [0.2, 0.25) is 5.91 Å². The minimum absolute atomic E-state index is 0.0344. The number of nitrogens with one attached hydrogen (secondary N) is 3. The van der Waals surface area contributed by atoms with Crippen LogP contribution in [0.25, 0.3) is 10.9 Å². The molecule has 0 bridgehead atoms. The molecule has 1 aliphatic rings. The third kappa shape index (κ3) is 4.42. The first-order valence-corrected chi connectivity index (χ1v) is 9.91. The molecule has 3 aromatic rings. The average Bonchev–Trinajstić information content (AvgIpc) is 2.75. The second-order valence-electron chi connectivity index (χ2n) is 7.09. The number of hydrogen-bond donors (Lipinski definition) is 3. The molecule has 1 aromatic heterocycles. The van der Waals surface area contributed by atoms with Crippen molar-refractivity contribution in [3.63, 3.8) is 0 Å². The van der Waals surface area contributed by atoms with Gasteiger partial charge in [-0.25, -0.2) is 9.18 Å². The molecule has 32 heavy (non-hydrogen) atoms. The van der Waals surface area contributed by atoms with Gasteiger partial charge in [-0.2, -0.15) is 4.68 Å². The average molecular weight is 459 g/mol. The maximum atomic E-state index is 13.8. The first-order valence-electron chi connectivity index (χ1n) is 9.53. The normalized spacial score (nSPS) is 16.0. The fourth-order valence-corrected chi connectivity index (χ4v) is 3.43.